The fourth-order valence-corrected chi connectivity index (χ4v) is 2.65. The highest BCUT2D eigenvalue weighted by molar-refractivity contribution is 7.08. The van der Waals surface area contributed by atoms with Gasteiger partial charge in [0.25, 0.3) is 5.91 Å². The summed E-state index contributed by atoms with van der Waals surface area (Å²) in [6, 6.07) is 9.47. The van der Waals surface area contributed by atoms with E-state index in [9.17, 15) is 4.79 Å². The van der Waals surface area contributed by atoms with Crippen molar-refractivity contribution in [2.75, 3.05) is 0 Å². The number of amides is 1. The maximum Gasteiger partial charge on any atom is 0.252 e. The number of hydrogen-bond donors (Lipinski definition) is 1. The summed E-state index contributed by atoms with van der Waals surface area (Å²) in [5, 5.41) is 6.64. The molecule has 0 aliphatic heterocycles. The van der Waals surface area contributed by atoms with Gasteiger partial charge in [-0.2, -0.15) is 11.3 Å². The van der Waals surface area contributed by atoms with Crippen molar-refractivity contribution < 1.29 is 4.79 Å². The van der Waals surface area contributed by atoms with Gasteiger partial charge < -0.3 is 5.32 Å². The molecule has 0 unspecified atom stereocenters. The summed E-state index contributed by atoms with van der Waals surface area (Å²) < 4.78 is 0. The van der Waals surface area contributed by atoms with E-state index < -0.39 is 0 Å². The molecule has 0 saturated carbocycles. The lowest BCUT2D eigenvalue weighted by Gasteiger charge is -2.09. The van der Waals surface area contributed by atoms with Crippen molar-refractivity contribution in [3.05, 3.63) is 70.8 Å². The first kappa shape index (κ1) is 13.5. The van der Waals surface area contributed by atoms with Gasteiger partial charge in [0, 0.05) is 41.6 Å². The summed E-state index contributed by atoms with van der Waals surface area (Å²) in [7, 11) is 0. The number of carbonyl (C=O) groups is 1. The van der Waals surface area contributed by atoms with Crippen LogP contribution < -0.4 is 5.32 Å². The van der Waals surface area contributed by atoms with Crippen LogP contribution in [0.25, 0.3) is 11.3 Å². The minimum absolute atomic E-state index is 0.0720. The molecule has 0 atom stereocenters. The Morgan fingerprint density at radius 1 is 1.19 bits per heavy atom. The molecule has 5 heteroatoms. The number of thiophene rings is 1. The Bertz CT molecular complexity index is 726. The summed E-state index contributed by atoms with van der Waals surface area (Å²) in [5.74, 6) is -0.0720. The molecule has 3 heterocycles. The van der Waals surface area contributed by atoms with E-state index in [0.717, 1.165) is 16.8 Å². The zero-order valence-corrected chi connectivity index (χ0v) is 12.0. The van der Waals surface area contributed by atoms with E-state index in [2.05, 4.69) is 15.3 Å². The lowest BCUT2D eigenvalue weighted by Crippen LogP contribution is -2.22. The van der Waals surface area contributed by atoms with Crippen molar-refractivity contribution in [2.45, 2.75) is 6.54 Å². The molecular weight excluding hydrogens is 282 g/mol. The van der Waals surface area contributed by atoms with Gasteiger partial charge >= 0.3 is 0 Å². The molecule has 104 valence electrons. The Morgan fingerprint density at radius 2 is 2.10 bits per heavy atom. The molecule has 21 heavy (non-hydrogen) atoms. The van der Waals surface area contributed by atoms with Crippen molar-refractivity contribution >= 4 is 17.2 Å². The monoisotopic (exact) mass is 295 g/mol. The summed E-state index contributed by atoms with van der Waals surface area (Å²) >= 11 is 1.51. The number of pyridine rings is 2. The summed E-state index contributed by atoms with van der Waals surface area (Å²) in [6.07, 6.45) is 5.24. The Labute approximate surface area is 126 Å². The van der Waals surface area contributed by atoms with Gasteiger partial charge in [0.2, 0.25) is 0 Å². The number of hydrogen-bond acceptors (Lipinski definition) is 4. The van der Waals surface area contributed by atoms with Crippen LogP contribution in [-0.4, -0.2) is 15.9 Å². The third-order valence-corrected chi connectivity index (χ3v) is 3.73. The highest BCUT2D eigenvalue weighted by Gasteiger charge is 2.09. The Kier molecular flexibility index (Phi) is 4.02. The van der Waals surface area contributed by atoms with Gasteiger partial charge in [-0.05, 0) is 35.2 Å². The van der Waals surface area contributed by atoms with Gasteiger partial charge in [-0.1, -0.05) is 6.07 Å². The smallest absolute Gasteiger partial charge is 0.252 e. The van der Waals surface area contributed by atoms with Crippen molar-refractivity contribution in [3.8, 4) is 11.3 Å². The van der Waals surface area contributed by atoms with Crippen LogP contribution in [0.2, 0.25) is 0 Å². The number of nitrogens with zero attached hydrogens (tertiary/aromatic N) is 2. The van der Waals surface area contributed by atoms with Gasteiger partial charge in [-0.3, -0.25) is 14.8 Å². The average Bonchev–Trinajstić information content (AvgIpc) is 3.08. The highest BCUT2D eigenvalue weighted by atomic mass is 32.1. The van der Waals surface area contributed by atoms with Gasteiger partial charge in [0.15, 0.2) is 0 Å². The Morgan fingerprint density at radius 3 is 2.86 bits per heavy atom. The second kappa shape index (κ2) is 6.28. The van der Waals surface area contributed by atoms with Crippen molar-refractivity contribution in [1.29, 1.82) is 0 Å². The molecule has 1 amide bonds. The van der Waals surface area contributed by atoms with Gasteiger partial charge in [-0.15, -0.1) is 0 Å². The summed E-state index contributed by atoms with van der Waals surface area (Å²) in [5.41, 5.74) is 3.44. The van der Waals surface area contributed by atoms with Crippen molar-refractivity contribution in [1.82, 2.24) is 15.3 Å². The second-order valence-corrected chi connectivity index (χ2v) is 5.23. The maximum atomic E-state index is 12.0. The number of aromatic nitrogens is 2. The van der Waals surface area contributed by atoms with Crippen LogP contribution in [0.1, 0.15) is 15.9 Å². The van der Waals surface area contributed by atoms with Crippen LogP contribution >= 0.6 is 11.3 Å². The number of carbonyl (C=O) groups excluding carboxylic acids is 1. The van der Waals surface area contributed by atoms with E-state index >= 15 is 0 Å². The van der Waals surface area contributed by atoms with Crippen molar-refractivity contribution in [3.63, 3.8) is 0 Å². The Hall–Kier alpha value is -2.53. The fraction of sp³-hybridized carbons (Fsp3) is 0.0625. The van der Waals surface area contributed by atoms with E-state index in [4.69, 9.17) is 0 Å². The molecule has 0 aliphatic carbocycles. The van der Waals surface area contributed by atoms with Crippen LogP contribution in [0.3, 0.4) is 0 Å². The highest BCUT2D eigenvalue weighted by Crippen LogP contribution is 2.19. The Balaban J connectivity index is 1.79. The molecule has 0 saturated heterocycles. The van der Waals surface area contributed by atoms with Crippen LogP contribution in [0.15, 0.2) is 59.7 Å². The molecule has 4 nitrogen and oxygen atoms in total. The topological polar surface area (TPSA) is 54.9 Å². The van der Waals surface area contributed by atoms with E-state index in [-0.39, 0.29) is 5.91 Å². The lowest BCUT2D eigenvalue weighted by atomic mass is 10.1. The average molecular weight is 295 g/mol. The van der Waals surface area contributed by atoms with Crippen LogP contribution in [0.4, 0.5) is 0 Å². The van der Waals surface area contributed by atoms with E-state index in [1.807, 2.05) is 41.1 Å². The molecule has 0 fully saturated rings. The predicted octanol–water partition coefficient (Wildman–Crippen LogP) is 3.14. The molecule has 0 radical (unpaired) electrons. The standard InChI is InChI=1S/C16H13N3OS/c20-16(14-5-8-21-11-14)19-10-13-4-2-7-18-15(13)12-3-1-6-17-9-12/h1-9,11H,10H2,(H,19,20). The van der Waals surface area contributed by atoms with Gasteiger partial charge in [0.05, 0.1) is 5.69 Å². The van der Waals surface area contributed by atoms with Gasteiger partial charge in [0.1, 0.15) is 0 Å². The van der Waals surface area contributed by atoms with Crippen LogP contribution in [-0.2, 0) is 6.54 Å². The van der Waals surface area contributed by atoms with Crippen LogP contribution in [0, 0.1) is 0 Å². The molecule has 0 aromatic carbocycles. The zero-order chi connectivity index (χ0) is 14.5. The number of nitrogens with one attached hydrogen (secondary N) is 1. The van der Waals surface area contributed by atoms with Gasteiger partial charge in [-0.25, -0.2) is 0 Å². The zero-order valence-electron chi connectivity index (χ0n) is 11.2. The molecule has 3 aromatic heterocycles. The van der Waals surface area contributed by atoms with Crippen molar-refractivity contribution in [2.24, 2.45) is 0 Å². The summed E-state index contributed by atoms with van der Waals surface area (Å²) in [6.45, 7) is 0.437. The quantitative estimate of drug-likeness (QED) is 0.804. The third-order valence-electron chi connectivity index (χ3n) is 3.05. The molecule has 0 aliphatic rings. The normalized spacial score (nSPS) is 10.3. The van der Waals surface area contributed by atoms with E-state index in [1.54, 1.807) is 18.6 Å². The largest absolute Gasteiger partial charge is 0.348 e. The first-order valence-electron chi connectivity index (χ1n) is 6.49. The number of rotatable bonds is 4. The predicted molar refractivity (Wildman–Crippen MR) is 83.0 cm³/mol. The van der Waals surface area contributed by atoms with E-state index in [0.29, 0.717) is 12.1 Å². The maximum absolute atomic E-state index is 12.0. The molecule has 3 aromatic rings. The molecule has 0 spiro atoms. The minimum Gasteiger partial charge on any atom is -0.348 e. The minimum atomic E-state index is -0.0720. The lowest BCUT2D eigenvalue weighted by molar-refractivity contribution is 0.0951. The molecular formula is C16H13N3OS. The first-order chi connectivity index (χ1) is 10.3. The molecule has 0 bridgehead atoms. The molecule has 3 rings (SSSR count). The van der Waals surface area contributed by atoms with Crippen LogP contribution in [0.5, 0.6) is 0 Å². The molecule has 1 N–H and O–H groups in total. The van der Waals surface area contributed by atoms with E-state index in [1.165, 1.54) is 11.3 Å². The summed E-state index contributed by atoms with van der Waals surface area (Å²) in [4.78, 5) is 20.5. The first-order valence-corrected chi connectivity index (χ1v) is 7.43. The third kappa shape index (κ3) is 3.14. The second-order valence-electron chi connectivity index (χ2n) is 4.45. The SMILES string of the molecule is O=C(NCc1cccnc1-c1cccnc1)c1ccsc1. The fourth-order valence-electron chi connectivity index (χ4n) is 2.02.